The largest absolute Gasteiger partial charge is 0.370 e. The van der Waals surface area contributed by atoms with Gasteiger partial charge in [0.1, 0.15) is 5.82 Å². The molecule has 3 N–H and O–H groups in total. The van der Waals surface area contributed by atoms with E-state index in [-0.39, 0.29) is 24.0 Å². The van der Waals surface area contributed by atoms with Crippen molar-refractivity contribution in [3.8, 4) is 0 Å². The lowest BCUT2D eigenvalue weighted by Gasteiger charge is -2.08. The van der Waals surface area contributed by atoms with Gasteiger partial charge in [-0.2, -0.15) is 0 Å². The molecule has 8 heteroatoms. The van der Waals surface area contributed by atoms with E-state index in [1.54, 1.807) is 11.6 Å². The second kappa shape index (κ2) is 8.01. The summed E-state index contributed by atoms with van der Waals surface area (Å²) in [5.74, 6) is 0.385. The molecule has 2 amide bonds. The number of benzene rings is 2. The third-order valence-electron chi connectivity index (χ3n) is 3.92. The van der Waals surface area contributed by atoms with Gasteiger partial charge >= 0.3 is 0 Å². The number of nitrogens with one attached hydrogen (secondary N) is 1. The minimum atomic E-state index is -0.378. The van der Waals surface area contributed by atoms with Crippen molar-refractivity contribution in [2.45, 2.75) is 18.0 Å². The van der Waals surface area contributed by atoms with Crippen molar-refractivity contribution in [1.29, 1.82) is 0 Å². The zero-order valence-electron chi connectivity index (χ0n) is 14.3. The van der Waals surface area contributed by atoms with Gasteiger partial charge in [0.2, 0.25) is 11.8 Å². The number of aryl methyl sites for hydroxylation is 1. The van der Waals surface area contributed by atoms with Crippen LogP contribution in [0.4, 0.5) is 5.69 Å². The molecule has 2 aromatic carbocycles. The molecule has 3 rings (SSSR count). The molecule has 0 spiro atoms. The summed E-state index contributed by atoms with van der Waals surface area (Å²) in [4.78, 5) is 23.2. The minimum Gasteiger partial charge on any atom is -0.370 e. The maximum absolute atomic E-state index is 12.3. The Labute approximate surface area is 155 Å². The van der Waals surface area contributed by atoms with Gasteiger partial charge in [0.25, 0.3) is 0 Å². The Morgan fingerprint density at radius 2 is 1.92 bits per heavy atom. The van der Waals surface area contributed by atoms with E-state index in [0.29, 0.717) is 17.4 Å². The highest BCUT2D eigenvalue weighted by molar-refractivity contribution is 7.99. The molecule has 134 valence electrons. The first-order valence-electron chi connectivity index (χ1n) is 8.11. The molecule has 26 heavy (non-hydrogen) atoms. The van der Waals surface area contributed by atoms with E-state index < -0.39 is 0 Å². The van der Waals surface area contributed by atoms with Crippen LogP contribution in [0.3, 0.4) is 0 Å². The van der Waals surface area contributed by atoms with E-state index in [4.69, 9.17) is 5.73 Å². The summed E-state index contributed by atoms with van der Waals surface area (Å²) in [5, 5.41) is 13.8. The number of amides is 2. The van der Waals surface area contributed by atoms with Crippen LogP contribution in [0.5, 0.6) is 0 Å². The van der Waals surface area contributed by atoms with Crippen LogP contribution in [0.2, 0.25) is 0 Å². The number of carbonyl (C=O) groups is 2. The van der Waals surface area contributed by atoms with Gasteiger partial charge in [-0.3, -0.25) is 9.59 Å². The molecule has 0 aliphatic carbocycles. The Morgan fingerprint density at radius 1 is 1.15 bits per heavy atom. The van der Waals surface area contributed by atoms with E-state index in [1.165, 1.54) is 11.8 Å². The summed E-state index contributed by atoms with van der Waals surface area (Å²) in [5.41, 5.74) is 5.94. The monoisotopic (exact) mass is 369 g/mol. The van der Waals surface area contributed by atoms with Crippen molar-refractivity contribution in [3.63, 3.8) is 0 Å². The van der Waals surface area contributed by atoms with Gasteiger partial charge in [-0.05, 0) is 11.5 Å². The van der Waals surface area contributed by atoms with Crippen LogP contribution in [-0.2, 0) is 23.1 Å². The van der Waals surface area contributed by atoms with Crippen LogP contribution in [0, 0.1) is 0 Å². The summed E-state index contributed by atoms with van der Waals surface area (Å²) in [6.07, 6.45) is 0.653. The Kier molecular flexibility index (Phi) is 5.52. The van der Waals surface area contributed by atoms with Crippen LogP contribution < -0.4 is 11.1 Å². The van der Waals surface area contributed by atoms with Crippen LogP contribution in [0.25, 0.3) is 10.8 Å². The topological polar surface area (TPSA) is 103 Å². The Balaban J connectivity index is 1.61. The molecule has 0 aliphatic heterocycles. The van der Waals surface area contributed by atoms with Crippen molar-refractivity contribution in [3.05, 3.63) is 48.3 Å². The van der Waals surface area contributed by atoms with Gasteiger partial charge in [-0.15, -0.1) is 10.2 Å². The predicted octanol–water partition coefficient (Wildman–Crippen LogP) is 2.12. The Bertz CT molecular complexity index is 948. The number of primary amides is 1. The van der Waals surface area contributed by atoms with Crippen LogP contribution in [0.1, 0.15) is 12.2 Å². The molecule has 0 unspecified atom stereocenters. The molecule has 3 aromatic rings. The summed E-state index contributed by atoms with van der Waals surface area (Å²) in [7, 11) is 1.81. The molecular weight excluding hydrogens is 350 g/mol. The standard InChI is InChI=1S/C18H19N5O2S/c1-23-16(10-9-15(19)24)21-22-18(23)26-11-17(25)20-14-8-4-6-12-5-2-3-7-13(12)14/h2-8H,9-11H2,1H3,(H2,19,24)(H,20,25). The number of rotatable bonds is 7. The van der Waals surface area contributed by atoms with Crippen molar-refractivity contribution in [1.82, 2.24) is 14.8 Å². The number of aromatic nitrogens is 3. The number of anilines is 1. The molecule has 0 atom stereocenters. The van der Waals surface area contributed by atoms with Crippen molar-refractivity contribution in [2.24, 2.45) is 12.8 Å². The van der Waals surface area contributed by atoms with Gasteiger partial charge in [0.05, 0.1) is 5.75 Å². The van der Waals surface area contributed by atoms with Gasteiger partial charge in [0, 0.05) is 31.0 Å². The maximum atomic E-state index is 12.3. The van der Waals surface area contributed by atoms with Crippen LogP contribution in [-0.4, -0.2) is 32.3 Å². The van der Waals surface area contributed by atoms with Crippen molar-refractivity contribution < 1.29 is 9.59 Å². The minimum absolute atomic E-state index is 0.118. The number of nitrogens with two attached hydrogens (primary N) is 1. The molecule has 0 aliphatic rings. The Morgan fingerprint density at radius 3 is 2.73 bits per heavy atom. The molecule has 0 bridgehead atoms. The first-order chi connectivity index (χ1) is 12.5. The molecule has 1 heterocycles. The van der Waals surface area contributed by atoms with Crippen LogP contribution >= 0.6 is 11.8 Å². The van der Waals surface area contributed by atoms with Gasteiger partial charge in [0.15, 0.2) is 5.16 Å². The predicted molar refractivity (Wildman–Crippen MR) is 102 cm³/mol. The molecule has 0 radical (unpaired) electrons. The van der Waals surface area contributed by atoms with E-state index in [2.05, 4.69) is 15.5 Å². The third kappa shape index (κ3) is 4.20. The lowest BCUT2D eigenvalue weighted by atomic mass is 10.1. The number of thioether (sulfide) groups is 1. The average molecular weight is 369 g/mol. The van der Waals surface area contributed by atoms with Crippen LogP contribution in [0.15, 0.2) is 47.6 Å². The summed E-state index contributed by atoms with van der Waals surface area (Å²) in [6.45, 7) is 0. The highest BCUT2D eigenvalue weighted by Gasteiger charge is 2.13. The fourth-order valence-electron chi connectivity index (χ4n) is 2.57. The molecule has 1 aromatic heterocycles. The second-order valence-electron chi connectivity index (χ2n) is 5.79. The van der Waals surface area contributed by atoms with E-state index >= 15 is 0 Å². The zero-order chi connectivity index (χ0) is 18.5. The molecule has 7 nitrogen and oxygen atoms in total. The van der Waals surface area contributed by atoms with E-state index in [1.807, 2.05) is 42.5 Å². The quantitative estimate of drug-likeness (QED) is 0.621. The average Bonchev–Trinajstić information content (AvgIpc) is 2.98. The third-order valence-corrected chi connectivity index (χ3v) is 4.94. The first kappa shape index (κ1) is 17.9. The number of fused-ring (bicyclic) bond motifs is 1. The van der Waals surface area contributed by atoms with E-state index in [0.717, 1.165) is 16.5 Å². The molecule has 0 saturated carbocycles. The number of hydrogen-bond donors (Lipinski definition) is 2. The van der Waals surface area contributed by atoms with Gasteiger partial charge in [-0.1, -0.05) is 48.2 Å². The smallest absolute Gasteiger partial charge is 0.234 e. The lowest BCUT2D eigenvalue weighted by Crippen LogP contribution is -2.15. The fourth-order valence-corrected chi connectivity index (χ4v) is 3.30. The SMILES string of the molecule is Cn1c(CCC(N)=O)nnc1SCC(=O)Nc1cccc2ccccc12. The lowest BCUT2D eigenvalue weighted by molar-refractivity contribution is -0.118. The van der Waals surface area contributed by atoms with Gasteiger partial charge < -0.3 is 15.6 Å². The molecular formula is C18H19N5O2S. The molecule has 0 fully saturated rings. The summed E-state index contributed by atoms with van der Waals surface area (Å²) < 4.78 is 1.78. The maximum Gasteiger partial charge on any atom is 0.234 e. The summed E-state index contributed by atoms with van der Waals surface area (Å²) >= 11 is 1.30. The van der Waals surface area contributed by atoms with Crippen molar-refractivity contribution in [2.75, 3.05) is 11.1 Å². The summed E-state index contributed by atoms with van der Waals surface area (Å²) in [6, 6.07) is 13.7. The van der Waals surface area contributed by atoms with E-state index in [9.17, 15) is 9.59 Å². The number of hydrogen-bond acceptors (Lipinski definition) is 5. The second-order valence-corrected chi connectivity index (χ2v) is 6.73. The number of nitrogens with zero attached hydrogens (tertiary/aromatic N) is 3. The molecule has 0 saturated heterocycles. The van der Waals surface area contributed by atoms with Gasteiger partial charge in [-0.25, -0.2) is 0 Å². The normalized spacial score (nSPS) is 10.8. The van der Waals surface area contributed by atoms with Crippen molar-refractivity contribution >= 4 is 40.0 Å². The highest BCUT2D eigenvalue weighted by Crippen LogP contribution is 2.23. The zero-order valence-corrected chi connectivity index (χ0v) is 15.1. The first-order valence-corrected chi connectivity index (χ1v) is 9.10. The highest BCUT2D eigenvalue weighted by atomic mass is 32.2. The number of carbonyl (C=O) groups excluding carboxylic acids is 2. The Hall–Kier alpha value is -2.87. The fraction of sp³-hybridized carbons (Fsp3) is 0.222.